The summed E-state index contributed by atoms with van der Waals surface area (Å²) >= 11 is -0.0500. The zero-order valence-electron chi connectivity index (χ0n) is 2.15. The first kappa shape index (κ1) is 17.5. The topological polar surface area (TPSA) is 20.2 Å². The summed E-state index contributed by atoms with van der Waals surface area (Å²) in [7, 11) is 0. The minimum atomic E-state index is -0.0500. The largest absolute Gasteiger partial charge is 0.0149 e. The number of hydrogen-bond donors (Lipinski definition) is 1. The van der Waals surface area contributed by atoms with Gasteiger partial charge in [-0.2, -0.15) is 0 Å². The molecule has 4 heavy (non-hydrogen) atoms. The molecule has 0 aromatic heterocycles. The van der Waals surface area contributed by atoms with E-state index in [4.69, 9.17) is 3.44 Å². The fourth-order valence-electron chi connectivity index (χ4n) is 0. The Morgan fingerprint density at radius 2 is 1.25 bits per heavy atom. The van der Waals surface area contributed by atoms with E-state index in [2.05, 4.69) is 0 Å². The molecule has 0 saturated heterocycles. The Labute approximate surface area is 56.6 Å². The summed E-state index contributed by atoms with van der Waals surface area (Å²) in [5.74, 6) is 0. The van der Waals surface area contributed by atoms with E-state index in [1.54, 1.807) is 0 Å². The minimum absolute atomic E-state index is 0. The van der Waals surface area contributed by atoms with Gasteiger partial charge in [0.2, 0.25) is 0 Å². The average molecular weight is 236 g/mol. The summed E-state index contributed by atoms with van der Waals surface area (Å²) in [5, 5.41) is 0. The minimum Gasteiger partial charge on any atom is -0.0149 e. The van der Waals surface area contributed by atoms with E-state index in [0.29, 0.717) is 0 Å². The predicted molar refractivity (Wildman–Crippen MR) is 23.5 cm³/mol. The molecular formula is H8OSiSnZn. The Kier molecular flexibility index (Phi) is 102. The third-order valence-corrected chi connectivity index (χ3v) is 0. The molecule has 0 atom stereocenters. The fourth-order valence-corrected chi connectivity index (χ4v) is 0. The second-order valence-corrected chi connectivity index (χ2v) is 0. The molecule has 0 saturated carbocycles. The summed E-state index contributed by atoms with van der Waals surface area (Å²) in [6.07, 6.45) is 0. The van der Waals surface area contributed by atoms with Crippen LogP contribution in [0.4, 0.5) is 0 Å². The molecule has 0 aromatic carbocycles. The maximum absolute atomic E-state index is 7.21. The van der Waals surface area contributed by atoms with Gasteiger partial charge in [-0.1, -0.05) is 0 Å². The van der Waals surface area contributed by atoms with Crippen LogP contribution in [0.1, 0.15) is 0 Å². The Morgan fingerprint density at radius 3 is 1.25 bits per heavy atom. The second kappa shape index (κ2) is 23.3. The Bertz CT molecular complexity index is 8.00. The van der Waals surface area contributed by atoms with Gasteiger partial charge in [0.1, 0.15) is 0 Å². The molecule has 0 fully saturated rings. The van der Waals surface area contributed by atoms with Crippen molar-refractivity contribution in [3.8, 4) is 0 Å². The molecule has 24 valence electrons. The van der Waals surface area contributed by atoms with E-state index in [-0.39, 0.29) is 53.4 Å². The van der Waals surface area contributed by atoms with Crippen LogP contribution >= 0.6 is 0 Å². The van der Waals surface area contributed by atoms with Gasteiger partial charge >= 0.3 is 26.4 Å². The monoisotopic (exact) mass is 236 g/mol. The predicted octanol–water partition coefficient (Wildman–Crippen LogP) is -3.20. The zero-order valence-corrected chi connectivity index (χ0v) is 10.8. The van der Waals surface area contributed by atoms with E-state index in [1.165, 1.54) is 0 Å². The molecule has 0 heterocycles. The molecule has 0 amide bonds. The summed E-state index contributed by atoms with van der Waals surface area (Å²) < 4.78 is 7.21. The molecular weight excluding hydrogens is 228 g/mol. The van der Waals surface area contributed by atoms with E-state index >= 15 is 0 Å². The zero-order chi connectivity index (χ0) is 2.00. The van der Waals surface area contributed by atoms with Crippen molar-refractivity contribution >= 4 is 33.9 Å². The van der Waals surface area contributed by atoms with Crippen LogP contribution in [0.15, 0.2) is 0 Å². The summed E-state index contributed by atoms with van der Waals surface area (Å²) in [6.45, 7) is 0. The maximum atomic E-state index is 7.21. The van der Waals surface area contributed by atoms with Crippen molar-refractivity contribution in [2.45, 2.75) is 0 Å². The van der Waals surface area contributed by atoms with Gasteiger partial charge in [0, 0.05) is 19.5 Å². The van der Waals surface area contributed by atoms with Gasteiger partial charge in [-0.25, -0.2) is 0 Å². The van der Waals surface area contributed by atoms with Crippen LogP contribution in [0.5, 0.6) is 0 Å². The standard InChI is InChI=1S/H2O.H4Si.Sn.Zn.3H/h1H2;1H4;;;;;/q;;+1;;;;/p-1. The van der Waals surface area contributed by atoms with Gasteiger partial charge in [-0.3, -0.25) is 0 Å². The van der Waals surface area contributed by atoms with Gasteiger partial charge in [0.05, 0.1) is 0 Å². The van der Waals surface area contributed by atoms with Crippen LogP contribution < -0.4 is 0 Å². The summed E-state index contributed by atoms with van der Waals surface area (Å²) in [6, 6.07) is 0. The van der Waals surface area contributed by atoms with Gasteiger partial charge in [0.25, 0.3) is 0 Å². The van der Waals surface area contributed by atoms with Crippen molar-refractivity contribution in [1.29, 1.82) is 0 Å². The molecule has 0 aliphatic carbocycles. The average Bonchev–Trinajstić information content (AvgIpc) is 1.00. The molecule has 1 nitrogen and oxygen atoms in total. The smallest absolute Gasteiger partial charge is 0 e. The van der Waals surface area contributed by atoms with Crippen LogP contribution in [-0.4, -0.2) is 37.3 Å². The number of hydrogen-bond acceptors (Lipinski definition) is 1. The first-order valence-corrected chi connectivity index (χ1v) is 3.00. The van der Waals surface area contributed by atoms with Crippen molar-refractivity contribution in [2.24, 2.45) is 0 Å². The van der Waals surface area contributed by atoms with Crippen LogP contribution in [0.3, 0.4) is 0 Å². The summed E-state index contributed by atoms with van der Waals surface area (Å²) in [5.41, 5.74) is 0. The Hall–Kier alpha value is 1.60. The van der Waals surface area contributed by atoms with Gasteiger partial charge in [0.15, 0.2) is 0 Å². The maximum Gasteiger partial charge on any atom is 0 e. The molecule has 0 radical (unpaired) electrons. The molecule has 0 aliphatic rings. The fraction of sp³-hybridized carbons (Fsp3) is 0. The second-order valence-electron chi connectivity index (χ2n) is 0. The van der Waals surface area contributed by atoms with Crippen molar-refractivity contribution in [1.82, 2.24) is 0 Å². The van der Waals surface area contributed by atoms with E-state index in [0.717, 1.165) is 0 Å². The first-order valence-electron chi connectivity index (χ1n) is 0.447. The van der Waals surface area contributed by atoms with Crippen LogP contribution in [-0.2, 0) is 19.5 Å². The van der Waals surface area contributed by atoms with Crippen LogP contribution in [0, 0.1) is 0 Å². The van der Waals surface area contributed by atoms with Crippen LogP contribution in [0.25, 0.3) is 0 Å². The molecule has 4 heteroatoms. The van der Waals surface area contributed by atoms with Crippen molar-refractivity contribution in [2.75, 3.05) is 0 Å². The van der Waals surface area contributed by atoms with Gasteiger partial charge in [-0.05, 0) is 11.0 Å². The first-order chi connectivity index (χ1) is 1.00. The summed E-state index contributed by atoms with van der Waals surface area (Å²) in [4.78, 5) is 0. The van der Waals surface area contributed by atoms with Gasteiger partial charge in [-0.15, -0.1) is 0 Å². The molecule has 0 bridgehead atoms. The normalized spacial score (nSPS) is 2.25. The molecule has 0 rings (SSSR count). The molecule has 0 aliphatic heterocycles. The molecule has 1 N–H and O–H groups in total. The van der Waals surface area contributed by atoms with Gasteiger partial charge < -0.3 is 0 Å². The van der Waals surface area contributed by atoms with E-state index in [9.17, 15) is 0 Å². The van der Waals surface area contributed by atoms with Crippen LogP contribution in [0.2, 0.25) is 0 Å². The van der Waals surface area contributed by atoms with E-state index in [1.807, 2.05) is 0 Å². The Morgan fingerprint density at radius 1 is 1.25 bits per heavy atom. The molecule has 0 spiro atoms. The van der Waals surface area contributed by atoms with E-state index < -0.39 is 0 Å². The SMILES string of the molecule is [OH][SnH3].[SiH4].[Zn]. The molecule has 0 unspecified atom stereocenters. The molecule has 0 aromatic rings. The van der Waals surface area contributed by atoms with Crippen molar-refractivity contribution < 1.29 is 22.9 Å². The van der Waals surface area contributed by atoms with Crippen molar-refractivity contribution in [3.63, 3.8) is 0 Å². The third-order valence-electron chi connectivity index (χ3n) is 0. The number of rotatable bonds is 0. The Balaban J connectivity index is -0.00000000500. The third kappa shape index (κ3) is 9.51. The van der Waals surface area contributed by atoms with Crippen molar-refractivity contribution in [3.05, 3.63) is 0 Å². The quantitative estimate of drug-likeness (QED) is 0.439.